The summed E-state index contributed by atoms with van der Waals surface area (Å²) >= 11 is 6.20. The molecule has 1 atom stereocenters. The summed E-state index contributed by atoms with van der Waals surface area (Å²) in [6.07, 6.45) is 0.547. The number of halogens is 1. The largest absolute Gasteiger partial charge is 0.486 e. The molecule has 1 unspecified atom stereocenters. The van der Waals surface area contributed by atoms with E-state index in [4.69, 9.17) is 21.4 Å². The number of hydrogen-bond donors (Lipinski definition) is 2. The number of ether oxygens (including phenoxy) is 1. The van der Waals surface area contributed by atoms with E-state index in [9.17, 15) is 9.59 Å². The molecule has 0 fully saturated rings. The molecule has 0 bridgehead atoms. The first kappa shape index (κ1) is 21.8. The summed E-state index contributed by atoms with van der Waals surface area (Å²) in [6.45, 7) is 6.30. The number of nitrogens with one attached hydrogen (secondary N) is 1. The second-order valence-electron chi connectivity index (χ2n) is 7.17. The standard InChI is InChI=1S/C22H26ClNO4/c1-14(2)12-20(28-18-9-4-15(3)19(23)13-18)16-5-7-17(8-6-16)22(27)24-11-10-21(25)26/h4-9,13-14,20H,10-12H2,1-3H3,(H,24,27)(H,25,26). The van der Waals surface area contributed by atoms with Gasteiger partial charge in [-0.15, -0.1) is 0 Å². The highest BCUT2D eigenvalue weighted by Crippen LogP contribution is 2.30. The number of carbonyl (C=O) groups excluding carboxylic acids is 1. The third-order valence-corrected chi connectivity index (χ3v) is 4.68. The van der Waals surface area contributed by atoms with Gasteiger partial charge >= 0.3 is 5.97 Å². The van der Waals surface area contributed by atoms with Crippen LogP contribution in [-0.2, 0) is 4.79 Å². The molecule has 0 aromatic heterocycles. The molecule has 0 spiro atoms. The molecule has 0 heterocycles. The van der Waals surface area contributed by atoms with Gasteiger partial charge in [0.1, 0.15) is 11.9 Å². The lowest BCUT2D eigenvalue weighted by Gasteiger charge is -2.22. The Bertz CT molecular complexity index is 818. The van der Waals surface area contributed by atoms with Gasteiger partial charge in [-0.25, -0.2) is 0 Å². The maximum Gasteiger partial charge on any atom is 0.305 e. The van der Waals surface area contributed by atoms with Crippen molar-refractivity contribution in [3.05, 3.63) is 64.2 Å². The maximum absolute atomic E-state index is 12.1. The fraction of sp³-hybridized carbons (Fsp3) is 0.364. The van der Waals surface area contributed by atoms with E-state index >= 15 is 0 Å². The van der Waals surface area contributed by atoms with E-state index in [0.717, 1.165) is 17.5 Å². The second kappa shape index (κ2) is 10.1. The molecular formula is C22H26ClNO4. The lowest BCUT2D eigenvalue weighted by molar-refractivity contribution is -0.136. The van der Waals surface area contributed by atoms with Crippen molar-refractivity contribution in [3.8, 4) is 5.75 Å². The highest BCUT2D eigenvalue weighted by molar-refractivity contribution is 6.31. The van der Waals surface area contributed by atoms with Crippen molar-refractivity contribution < 1.29 is 19.4 Å². The molecule has 1 amide bonds. The van der Waals surface area contributed by atoms with E-state index in [-0.39, 0.29) is 25.0 Å². The number of aliphatic carboxylic acids is 1. The van der Waals surface area contributed by atoms with Gasteiger partial charge in [0.15, 0.2) is 0 Å². The minimum absolute atomic E-state index is 0.100. The van der Waals surface area contributed by atoms with Crippen LogP contribution >= 0.6 is 11.6 Å². The number of carboxylic acid groups (broad SMARTS) is 1. The molecule has 0 aliphatic rings. The number of hydrogen-bond acceptors (Lipinski definition) is 3. The summed E-state index contributed by atoms with van der Waals surface area (Å²) in [5.41, 5.74) is 2.44. The van der Waals surface area contributed by atoms with Crippen LogP contribution in [0.5, 0.6) is 5.75 Å². The molecule has 0 aliphatic heterocycles. The van der Waals surface area contributed by atoms with E-state index in [1.165, 1.54) is 0 Å². The maximum atomic E-state index is 12.1. The Morgan fingerprint density at radius 3 is 2.39 bits per heavy atom. The zero-order valence-corrected chi connectivity index (χ0v) is 17.1. The van der Waals surface area contributed by atoms with Crippen molar-refractivity contribution in [1.82, 2.24) is 5.32 Å². The van der Waals surface area contributed by atoms with E-state index in [1.807, 2.05) is 37.3 Å². The predicted molar refractivity (Wildman–Crippen MR) is 110 cm³/mol. The fourth-order valence-corrected chi connectivity index (χ4v) is 2.90. The van der Waals surface area contributed by atoms with Crippen LogP contribution in [-0.4, -0.2) is 23.5 Å². The normalized spacial score (nSPS) is 11.9. The smallest absolute Gasteiger partial charge is 0.305 e. The third-order valence-electron chi connectivity index (χ3n) is 4.28. The molecule has 0 aliphatic carbocycles. The Balaban J connectivity index is 2.11. The molecule has 2 aromatic rings. The molecule has 6 heteroatoms. The van der Waals surface area contributed by atoms with Gasteiger partial charge in [0.2, 0.25) is 0 Å². The number of carboxylic acids is 1. The van der Waals surface area contributed by atoms with Crippen molar-refractivity contribution in [3.63, 3.8) is 0 Å². The van der Waals surface area contributed by atoms with Crippen LogP contribution in [0.2, 0.25) is 5.02 Å². The Kier molecular flexibility index (Phi) is 7.88. The quantitative estimate of drug-likeness (QED) is 0.616. The average molecular weight is 404 g/mol. The highest BCUT2D eigenvalue weighted by atomic mass is 35.5. The van der Waals surface area contributed by atoms with Crippen LogP contribution in [0.3, 0.4) is 0 Å². The SMILES string of the molecule is Cc1ccc(OC(CC(C)C)c2ccc(C(=O)NCCC(=O)O)cc2)cc1Cl. The molecule has 150 valence electrons. The fourth-order valence-electron chi connectivity index (χ4n) is 2.73. The van der Waals surface area contributed by atoms with Gasteiger partial charge in [-0.05, 0) is 54.7 Å². The molecule has 0 saturated carbocycles. The van der Waals surface area contributed by atoms with E-state index in [0.29, 0.717) is 22.3 Å². The first-order chi connectivity index (χ1) is 13.3. The van der Waals surface area contributed by atoms with Crippen LogP contribution in [0.25, 0.3) is 0 Å². The van der Waals surface area contributed by atoms with Gasteiger partial charge in [-0.3, -0.25) is 9.59 Å². The number of carbonyl (C=O) groups is 2. The second-order valence-corrected chi connectivity index (χ2v) is 7.58. The summed E-state index contributed by atoms with van der Waals surface area (Å²) in [5.74, 6) is -0.110. The van der Waals surface area contributed by atoms with Crippen LogP contribution in [0.15, 0.2) is 42.5 Å². The van der Waals surface area contributed by atoms with Crippen LogP contribution < -0.4 is 10.1 Å². The molecule has 0 radical (unpaired) electrons. The van der Waals surface area contributed by atoms with Crippen molar-refractivity contribution in [2.45, 2.75) is 39.7 Å². The zero-order chi connectivity index (χ0) is 20.7. The monoisotopic (exact) mass is 403 g/mol. The first-order valence-corrected chi connectivity index (χ1v) is 9.67. The van der Waals surface area contributed by atoms with E-state index < -0.39 is 5.97 Å². The van der Waals surface area contributed by atoms with Gasteiger partial charge in [0, 0.05) is 17.1 Å². The number of benzene rings is 2. The summed E-state index contributed by atoms with van der Waals surface area (Å²) in [6, 6.07) is 12.8. The molecule has 2 rings (SSSR count). The Hall–Kier alpha value is -2.53. The lowest BCUT2D eigenvalue weighted by Crippen LogP contribution is -2.26. The Morgan fingerprint density at radius 1 is 1.14 bits per heavy atom. The molecule has 28 heavy (non-hydrogen) atoms. The topological polar surface area (TPSA) is 75.6 Å². The summed E-state index contributed by atoms with van der Waals surface area (Å²) in [5, 5.41) is 11.9. The van der Waals surface area contributed by atoms with Gasteiger partial charge < -0.3 is 15.2 Å². The summed E-state index contributed by atoms with van der Waals surface area (Å²) < 4.78 is 6.19. The Labute approximate surface area is 170 Å². The average Bonchev–Trinajstić information content (AvgIpc) is 2.63. The van der Waals surface area contributed by atoms with Gasteiger partial charge in [-0.2, -0.15) is 0 Å². The molecular weight excluding hydrogens is 378 g/mol. The van der Waals surface area contributed by atoms with Crippen molar-refractivity contribution in [1.29, 1.82) is 0 Å². The number of aryl methyl sites for hydroxylation is 1. The van der Waals surface area contributed by atoms with Crippen LogP contribution in [0.1, 0.15) is 54.3 Å². The van der Waals surface area contributed by atoms with Crippen molar-refractivity contribution >= 4 is 23.5 Å². The molecule has 5 nitrogen and oxygen atoms in total. The third kappa shape index (κ3) is 6.57. The lowest BCUT2D eigenvalue weighted by atomic mass is 9.98. The van der Waals surface area contributed by atoms with Crippen LogP contribution in [0.4, 0.5) is 0 Å². The van der Waals surface area contributed by atoms with Crippen molar-refractivity contribution in [2.75, 3.05) is 6.54 Å². The van der Waals surface area contributed by atoms with E-state index in [2.05, 4.69) is 19.2 Å². The van der Waals surface area contributed by atoms with Crippen molar-refractivity contribution in [2.24, 2.45) is 5.92 Å². The zero-order valence-electron chi connectivity index (χ0n) is 16.4. The Morgan fingerprint density at radius 2 is 1.82 bits per heavy atom. The number of rotatable bonds is 9. The first-order valence-electron chi connectivity index (χ1n) is 9.29. The molecule has 2 aromatic carbocycles. The summed E-state index contributed by atoms with van der Waals surface area (Å²) in [4.78, 5) is 22.6. The minimum atomic E-state index is -0.944. The number of amides is 1. The molecule has 0 saturated heterocycles. The van der Waals surface area contributed by atoms with E-state index in [1.54, 1.807) is 12.1 Å². The van der Waals surface area contributed by atoms with Gasteiger partial charge in [0.25, 0.3) is 5.91 Å². The van der Waals surface area contributed by atoms with Crippen LogP contribution in [0, 0.1) is 12.8 Å². The van der Waals surface area contributed by atoms with Gasteiger partial charge in [0.05, 0.1) is 6.42 Å². The highest BCUT2D eigenvalue weighted by Gasteiger charge is 2.17. The minimum Gasteiger partial charge on any atom is -0.486 e. The predicted octanol–water partition coefficient (Wildman–Crippen LogP) is 5.02. The molecule has 2 N–H and O–H groups in total. The summed E-state index contributed by atoms with van der Waals surface area (Å²) in [7, 11) is 0. The van der Waals surface area contributed by atoms with Gasteiger partial charge in [-0.1, -0.05) is 43.6 Å².